The van der Waals surface area contributed by atoms with Crippen LogP contribution in [0.5, 0.6) is 0 Å². The molecule has 2 aromatic heterocycles. The molecule has 1 saturated carbocycles. The Morgan fingerprint density at radius 3 is 2.70 bits per heavy atom. The molecule has 0 unspecified atom stereocenters. The Kier molecular flexibility index (Phi) is 5.20. The van der Waals surface area contributed by atoms with E-state index in [-0.39, 0.29) is 5.91 Å². The van der Waals surface area contributed by atoms with Crippen LogP contribution in [0.2, 0.25) is 0 Å². The summed E-state index contributed by atoms with van der Waals surface area (Å²) in [5.41, 5.74) is 2.08. The molecule has 27 heavy (non-hydrogen) atoms. The first kappa shape index (κ1) is 17.7. The molecule has 6 nitrogen and oxygen atoms in total. The average molecular weight is 379 g/mol. The summed E-state index contributed by atoms with van der Waals surface area (Å²) >= 11 is 1.46. The van der Waals surface area contributed by atoms with Gasteiger partial charge in [-0.2, -0.15) is 0 Å². The molecule has 0 spiro atoms. The highest BCUT2D eigenvalue weighted by Gasteiger charge is 2.30. The van der Waals surface area contributed by atoms with E-state index in [1.54, 1.807) is 17.3 Å². The number of hydrogen-bond acceptors (Lipinski definition) is 5. The molecule has 0 saturated heterocycles. The van der Waals surface area contributed by atoms with Gasteiger partial charge in [0.1, 0.15) is 0 Å². The molecule has 4 rings (SSSR count). The third-order valence-electron chi connectivity index (χ3n) is 4.51. The van der Waals surface area contributed by atoms with Crippen molar-refractivity contribution in [3.05, 3.63) is 60.4 Å². The second kappa shape index (κ2) is 7.92. The molecule has 3 aromatic rings. The number of hydrogen-bond donors (Lipinski definition) is 0. The van der Waals surface area contributed by atoms with Crippen LogP contribution < -0.4 is 0 Å². The van der Waals surface area contributed by atoms with Crippen LogP contribution in [0.3, 0.4) is 0 Å². The van der Waals surface area contributed by atoms with E-state index in [1.165, 1.54) is 11.8 Å². The molecule has 0 atom stereocenters. The van der Waals surface area contributed by atoms with Crippen LogP contribution in [0.1, 0.15) is 24.4 Å². The van der Waals surface area contributed by atoms with Gasteiger partial charge in [0.05, 0.1) is 5.75 Å². The number of amides is 1. The van der Waals surface area contributed by atoms with Gasteiger partial charge in [0.25, 0.3) is 0 Å². The fraction of sp³-hybridized carbons (Fsp3) is 0.300. The zero-order valence-electron chi connectivity index (χ0n) is 15.2. The number of nitrogens with zero attached hydrogens (tertiary/aromatic N) is 5. The average Bonchev–Trinajstić information content (AvgIpc) is 3.46. The Bertz CT molecular complexity index is 909. The van der Waals surface area contributed by atoms with Crippen molar-refractivity contribution in [2.45, 2.75) is 30.6 Å². The lowest BCUT2D eigenvalue weighted by molar-refractivity contribution is -0.127. The quantitative estimate of drug-likeness (QED) is 0.589. The summed E-state index contributed by atoms with van der Waals surface area (Å²) in [6.45, 7) is 0.608. The number of carbonyl (C=O) groups is 1. The van der Waals surface area contributed by atoms with Gasteiger partial charge in [-0.15, -0.1) is 10.2 Å². The topological polar surface area (TPSA) is 63.9 Å². The third kappa shape index (κ3) is 4.19. The van der Waals surface area contributed by atoms with E-state index >= 15 is 0 Å². The van der Waals surface area contributed by atoms with Crippen molar-refractivity contribution >= 4 is 17.7 Å². The monoisotopic (exact) mass is 379 g/mol. The lowest BCUT2D eigenvalue weighted by Gasteiger charge is -2.17. The number of carbonyl (C=O) groups excluding carboxylic acids is 1. The second-order valence-corrected chi connectivity index (χ2v) is 7.62. The summed E-state index contributed by atoms with van der Waals surface area (Å²) in [4.78, 5) is 18.5. The molecule has 0 aliphatic heterocycles. The number of pyridine rings is 1. The van der Waals surface area contributed by atoms with Crippen LogP contribution in [-0.2, 0) is 11.3 Å². The molecule has 1 aliphatic rings. The predicted octanol–water partition coefficient (Wildman–Crippen LogP) is 3.43. The fourth-order valence-electron chi connectivity index (χ4n) is 2.91. The minimum atomic E-state index is 0.0807. The first-order chi connectivity index (χ1) is 13.2. The van der Waals surface area contributed by atoms with Gasteiger partial charge >= 0.3 is 0 Å². The highest BCUT2D eigenvalue weighted by molar-refractivity contribution is 7.99. The molecule has 1 aromatic carbocycles. The van der Waals surface area contributed by atoms with E-state index in [2.05, 4.69) is 19.7 Å². The van der Waals surface area contributed by atoms with Crippen LogP contribution in [-0.4, -0.2) is 43.4 Å². The van der Waals surface area contributed by atoms with Gasteiger partial charge in [-0.1, -0.05) is 42.1 Å². The molecule has 0 N–H and O–H groups in total. The van der Waals surface area contributed by atoms with Crippen molar-refractivity contribution in [3.8, 4) is 11.4 Å². The van der Waals surface area contributed by atoms with Crippen molar-refractivity contribution in [2.75, 3.05) is 12.8 Å². The zero-order chi connectivity index (χ0) is 18.6. The van der Waals surface area contributed by atoms with Gasteiger partial charge in [0.2, 0.25) is 5.91 Å². The normalized spacial score (nSPS) is 13.5. The zero-order valence-corrected chi connectivity index (χ0v) is 16.0. The summed E-state index contributed by atoms with van der Waals surface area (Å²) in [6, 6.07) is 14.3. The van der Waals surface area contributed by atoms with Gasteiger partial charge in [0.15, 0.2) is 11.0 Å². The van der Waals surface area contributed by atoms with E-state index in [9.17, 15) is 4.79 Å². The summed E-state index contributed by atoms with van der Waals surface area (Å²) in [7, 11) is 1.84. The Balaban J connectivity index is 1.44. The van der Waals surface area contributed by atoms with E-state index in [1.807, 2.05) is 49.5 Å². The van der Waals surface area contributed by atoms with Crippen LogP contribution in [0.15, 0.2) is 60.0 Å². The maximum Gasteiger partial charge on any atom is 0.233 e. The van der Waals surface area contributed by atoms with Gasteiger partial charge in [-0.05, 0) is 30.5 Å². The maximum absolute atomic E-state index is 12.5. The van der Waals surface area contributed by atoms with Gasteiger partial charge in [0, 0.05) is 37.6 Å². The van der Waals surface area contributed by atoms with Crippen molar-refractivity contribution < 1.29 is 4.79 Å². The van der Waals surface area contributed by atoms with E-state index < -0.39 is 0 Å². The van der Waals surface area contributed by atoms with Gasteiger partial charge < -0.3 is 4.90 Å². The highest BCUT2D eigenvalue weighted by atomic mass is 32.2. The number of aromatic nitrogens is 4. The van der Waals surface area contributed by atoms with Crippen molar-refractivity contribution in [3.63, 3.8) is 0 Å². The summed E-state index contributed by atoms with van der Waals surface area (Å²) in [5, 5.41) is 9.52. The SMILES string of the molecule is CN(Cc1ccccc1)C(=O)CSc1nnc(-c2cccnc2)n1C1CC1. The maximum atomic E-state index is 12.5. The molecule has 2 heterocycles. The molecular formula is C20H21N5OS. The van der Waals surface area contributed by atoms with Gasteiger partial charge in [-0.3, -0.25) is 14.3 Å². The molecule has 0 radical (unpaired) electrons. The summed E-state index contributed by atoms with van der Waals surface area (Å²) < 4.78 is 2.16. The highest BCUT2D eigenvalue weighted by Crippen LogP contribution is 2.40. The summed E-state index contributed by atoms with van der Waals surface area (Å²) in [6.07, 6.45) is 5.80. The predicted molar refractivity (Wildman–Crippen MR) is 105 cm³/mol. The first-order valence-electron chi connectivity index (χ1n) is 8.98. The molecule has 1 aliphatic carbocycles. The van der Waals surface area contributed by atoms with Gasteiger partial charge in [-0.25, -0.2) is 0 Å². The van der Waals surface area contributed by atoms with Crippen molar-refractivity contribution in [2.24, 2.45) is 0 Å². The smallest absolute Gasteiger partial charge is 0.233 e. The van der Waals surface area contributed by atoms with E-state index in [0.29, 0.717) is 18.3 Å². The van der Waals surface area contributed by atoms with Crippen LogP contribution in [0, 0.1) is 0 Å². The molecule has 7 heteroatoms. The van der Waals surface area contributed by atoms with E-state index in [4.69, 9.17) is 0 Å². The number of thioether (sulfide) groups is 1. The van der Waals surface area contributed by atoms with Crippen molar-refractivity contribution in [1.29, 1.82) is 0 Å². The Hall–Kier alpha value is -2.67. The lowest BCUT2D eigenvalue weighted by atomic mass is 10.2. The Morgan fingerprint density at radius 2 is 2.00 bits per heavy atom. The Labute approximate surface area is 162 Å². The third-order valence-corrected chi connectivity index (χ3v) is 5.44. The van der Waals surface area contributed by atoms with Crippen LogP contribution in [0.25, 0.3) is 11.4 Å². The Morgan fingerprint density at radius 1 is 1.19 bits per heavy atom. The second-order valence-electron chi connectivity index (χ2n) is 6.67. The largest absolute Gasteiger partial charge is 0.341 e. The minimum Gasteiger partial charge on any atom is -0.341 e. The number of rotatable bonds is 7. The lowest BCUT2D eigenvalue weighted by Crippen LogP contribution is -2.27. The molecule has 1 fully saturated rings. The van der Waals surface area contributed by atoms with E-state index in [0.717, 1.165) is 34.9 Å². The van der Waals surface area contributed by atoms with Crippen molar-refractivity contribution in [1.82, 2.24) is 24.6 Å². The molecule has 1 amide bonds. The van der Waals surface area contributed by atoms with Crippen LogP contribution >= 0.6 is 11.8 Å². The fourth-order valence-corrected chi connectivity index (χ4v) is 3.86. The minimum absolute atomic E-state index is 0.0807. The first-order valence-corrected chi connectivity index (χ1v) is 9.97. The van der Waals surface area contributed by atoms with Crippen LogP contribution in [0.4, 0.5) is 0 Å². The molecular weight excluding hydrogens is 358 g/mol. The standard InChI is InChI=1S/C20H21N5OS/c1-24(13-15-6-3-2-4-7-15)18(26)14-27-20-23-22-19(25(20)17-9-10-17)16-8-5-11-21-12-16/h2-8,11-12,17H,9-10,13-14H2,1H3. The molecule has 138 valence electrons. The number of benzene rings is 1. The summed E-state index contributed by atoms with van der Waals surface area (Å²) in [5.74, 6) is 1.26. The molecule has 0 bridgehead atoms.